The highest BCUT2D eigenvalue weighted by Gasteiger charge is 2.19. The van der Waals surface area contributed by atoms with E-state index in [1.165, 1.54) is 0 Å². The lowest BCUT2D eigenvalue weighted by Gasteiger charge is -2.28. The van der Waals surface area contributed by atoms with Crippen LogP contribution >= 0.6 is 0 Å². The second-order valence-electron chi connectivity index (χ2n) is 5.49. The molecule has 1 aromatic rings. The summed E-state index contributed by atoms with van der Waals surface area (Å²) in [6.07, 6.45) is 0. The lowest BCUT2D eigenvalue weighted by Crippen LogP contribution is -2.39. The fourth-order valence-electron chi connectivity index (χ4n) is 1.96. The zero-order valence-electron chi connectivity index (χ0n) is 12.7. The maximum Gasteiger partial charge on any atom is 0.254 e. The first-order chi connectivity index (χ1) is 9.45. The molecular formula is C17H23NO2. The lowest BCUT2D eigenvalue weighted by atomic mass is 10.1. The summed E-state index contributed by atoms with van der Waals surface area (Å²) in [6, 6.07) is 7.41. The summed E-state index contributed by atoms with van der Waals surface area (Å²) in [5, 5.41) is 8.72. The van der Waals surface area contributed by atoms with E-state index in [9.17, 15) is 4.79 Å². The maximum atomic E-state index is 12.6. The number of amides is 1. The molecule has 0 aliphatic rings. The number of hydrogen-bond donors (Lipinski definition) is 1. The van der Waals surface area contributed by atoms with Crippen LogP contribution in [0, 0.1) is 17.8 Å². The second-order valence-corrected chi connectivity index (χ2v) is 5.49. The molecule has 0 fully saturated rings. The molecule has 3 nitrogen and oxygen atoms in total. The summed E-state index contributed by atoms with van der Waals surface area (Å²) in [5.41, 5.74) is 1.39. The van der Waals surface area contributed by atoms with Crippen LogP contribution in [-0.4, -0.2) is 35.1 Å². The first-order valence-corrected chi connectivity index (χ1v) is 6.96. The number of carbonyl (C=O) groups is 1. The summed E-state index contributed by atoms with van der Waals surface area (Å²) in [4.78, 5) is 14.5. The summed E-state index contributed by atoms with van der Waals surface area (Å²) in [6.45, 7) is 8.82. The van der Waals surface area contributed by atoms with Crippen molar-refractivity contribution in [3.63, 3.8) is 0 Å². The van der Waals surface area contributed by atoms with Crippen LogP contribution in [0.25, 0.3) is 0 Å². The fourth-order valence-corrected chi connectivity index (χ4v) is 1.96. The van der Waals surface area contributed by atoms with Crippen LogP contribution in [0.4, 0.5) is 0 Å². The minimum atomic E-state index is -0.177. The molecule has 0 saturated carbocycles. The number of nitrogens with zero attached hydrogens (tertiary/aromatic N) is 1. The van der Waals surface area contributed by atoms with Crippen molar-refractivity contribution in [2.24, 2.45) is 5.92 Å². The Hall–Kier alpha value is -1.79. The van der Waals surface area contributed by atoms with E-state index in [1.54, 1.807) is 6.07 Å². The molecule has 1 amide bonds. The first kappa shape index (κ1) is 16.3. The van der Waals surface area contributed by atoms with Crippen LogP contribution in [0.1, 0.15) is 43.6 Å². The van der Waals surface area contributed by atoms with E-state index in [1.807, 2.05) is 36.9 Å². The van der Waals surface area contributed by atoms with Gasteiger partial charge in [-0.3, -0.25) is 4.79 Å². The first-order valence-electron chi connectivity index (χ1n) is 6.96. The van der Waals surface area contributed by atoms with E-state index in [0.717, 1.165) is 12.1 Å². The van der Waals surface area contributed by atoms with Gasteiger partial charge in [-0.1, -0.05) is 31.8 Å². The Morgan fingerprint density at radius 2 is 2.00 bits per heavy atom. The summed E-state index contributed by atoms with van der Waals surface area (Å²) in [5.74, 6) is 5.88. The van der Waals surface area contributed by atoms with Gasteiger partial charge in [0.2, 0.25) is 0 Å². The second kappa shape index (κ2) is 7.72. The average molecular weight is 273 g/mol. The van der Waals surface area contributed by atoms with Gasteiger partial charge in [0.15, 0.2) is 0 Å². The minimum absolute atomic E-state index is 0.0290. The van der Waals surface area contributed by atoms with Gasteiger partial charge in [-0.15, -0.1) is 0 Å². The van der Waals surface area contributed by atoms with Gasteiger partial charge in [-0.05, 0) is 38.0 Å². The van der Waals surface area contributed by atoms with Crippen molar-refractivity contribution in [2.45, 2.75) is 33.7 Å². The van der Waals surface area contributed by atoms with Gasteiger partial charge in [0, 0.05) is 23.7 Å². The molecule has 0 aliphatic carbocycles. The standard InChI is InChI=1S/C17H23NO2/c1-13(2)12-18(14(3)4)17(20)16-9-5-7-15(11-16)8-6-10-19/h5,7,9,11,13-14,19H,10,12H2,1-4H3. The van der Waals surface area contributed by atoms with Gasteiger partial charge in [-0.2, -0.15) is 0 Å². The Morgan fingerprint density at radius 1 is 1.30 bits per heavy atom. The van der Waals surface area contributed by atoms with Gasteiger partial charge in [0.1, 0.15) is 6.61 Å². The number of aliphatic hydroxyl groups is 1. The van der Waals surface area contributed by atoms with Crippen molar-refractivity contribution in [1.29, 1.82) is 0 Å². The highest BCUT2D eigenvalue weighted by atomic mass is 16.2. The van der Waals surface area contributed by atoms with Crippen molar-refractivity contribution >= 4 is 5.91 Å². The molecule has 0 aromatic heterocycles. The van der Waals surface area contributed by atoms with E-state index < -0.39 is 0 Å². The molecule has 0 bridgehead atoms. The van der Waals surface area contributed by atoms with Gasteiger partial charge >= 0.3 is 0 Å². The van der Waals surface area contributed by atoms with Crippen molar-refractivity contribution < 1.29 is 9.90 Å². The van der Waals surface area contributed by atoms with Crippen molar-refractivity contribution in [1.82, 2.24) is 4.90 Å². The molecule has 1 aromatic carbocycles. The lowest BCUT2D eigenvalue weighted by molar-refractivity contribution is 0.0682. The zero-order chi connectivity index (χ0) is 15.1. The van der Waals surface area contributed by atoms with Crippen molar-refractivity contribution in [2.75, 3.05) is 13.2 Å². The molecule has 1 N–H and O–H groups in total. The number of rotatable bonds is 4. The van der Waals surface area contributed by atoms with Gasteiger partial charge in [0.05, 0.1) is 0 Å². The third-order valence-corrected chi connectivity index (χ3v) is 2.87. The van der Waals surface area contributed by atoms with Crippen LogP contribution < -0.4 is 0 Å². The molecule has 3 heteroatoms. The van der Waals surface area contributed by atoms with Crippen LogP contribution in [-0.2, 0) is 0 Å². The van der Waals surface area contributed by atoms with E-state index in [2.05, 4.69) is 25.7 Å². The Morgan fingerprint density at radius 3 is 2.55 bits per heavy atom. The fraction of sp³-hybridized carbons (Fsp3) is 0.471. The SMILES string of the molecule is CC(C)CN(C(=O)c1cccc(C#CCO)c1)C(C)C. The van der Waals surface area contributed by atoms with Crippen LogP contribution in [0.2, 0.25) is 0 Å². The molecule has 0 saturated heterocycles. The monoisotopic (exact) mass is 273 g/mol. The zero-order valence-corrected chi connectivity index (χ0v) is 12.7. The van der Waals surface area contributed by atoms with Gasteiger partial charge in [-0.25, -0.2) is 0 Å². The highest BCUT2D eigenvalue weighted by molar-refractivity contribution is 5.94. The molecule has 0 unspecified atom stereocenters. The number of carbonyl (C=O) groups excluding carboxylic acids is 1. The molecule has 0 spiro atoms. The third-order valence-electron chi connectivity index (χ3n) is 2.87. The van der Waals surface area contributed by atoms with Crippen LogP contribution in [0.3, 0.4) is 0 Å². The molecule has 0 atom stereocenters. The van der Waals surface area contributed by atoms with Crippen molar-refractivity contribution in [3.05, 3.63) is 35.4 Å². The molecule has 108 valence electrons. The molecule has 1 rings (SSSR count). The molecular weight excluding hydrogens is 250 g/mol. The Labute approximate surface area is 121 Å². The van der Waals surface area contributed by atoms with Crippen LogP contribution in [0.15, 0.2) is 24.3 Å². The van der Waals surface area contributed by atoms with Crippen LogP contribution in [0.5, 0.6) is 0 Å². The predicted octanol–water partition coefficient (Wildman–Crippen LogP) is 2.54. The largest absolute Gasteiger partial charge is 0.384 e. The minimum Gasteiger partial charge on any atom is -0.384 e. The topological polar surface area (TPSA) is 40.5 Å². The summed E-state index contributed by atoms with van der Waals surface area (Å²) in [7, 11) is 0. The quantitative estimate of drug-likeness (QED) is 0.856. The smallest absolute Gasteiger partial charge is 0.254 e. The molecule has 0 aliphatic heterocycles. The highest BCUT2D eigenvalue weighted by Crippen LogP contribution is 2.12. The van der Waals surface area contributed by atoms with Gasteiger partial charge in [0.25, 0.3) is 5.91 Å². The van der Waals surface area contributed by atoms with E-state index in [0.29, 0.717) is 11.5 Å². The normalized spacial score (nSPS) is 10.3. The van der Waals surface area contributed by atoms with E-state index in [4.69, 9.17) is 5.11 Å². The molecule has 0 radical (unpaired) electrons. The number of benzene rings is 1. The Balaban J connectivity index is 2.99. The maximum absolute atomic E-state index is 12.6. The van der Waals surface area contributed by atoms with E-state index >= 15 is 0 Å². The van der Waals surface area contributed by atoms with Crippen molar-refractivity contribution in [3.8, 4) is 11.8 Å². The number of hydrogen-bond acceptors (Lipinski definition) is 2. The molecule has 0 heterocycles. The summed E-state index contributed by atoms with van der Waals surface area (Å²) < 4.78 is 0. The summed E-state index contributed by atoms with van der Waals surface area (Å²) >= 11 is 0. The molecule has 20 heavy (non-hydrogen) atoms. The average Bonchev–Trinajstić information content (AvgIpc) is 2.41. The van der Waals surface area contributed by atoms with E-state index in [-0.39, 0.29) is 18.6 Å². The number of aliphatic hydroxyl groups excluding tert-OH is 1. The Kier molecular flexibility index (Phi) is 6.27. The Bertz CT molecular complexity index is 509. The predicted molar refractivity (Wildman–Crippen MR) is 81.4 cm³/mol. The third kappa shape index (κ3) is 4.71. The van der Waals surface area contributed by atoms with Gasteiger partial charge < -0.3 is 10.0 Å².